The molecule has 1 unspecified atom stereocenters. The van der Waals surface area contributed by atoms with Crippen LogP contribution in [0.2, 0.25) is 0 Å². The Labute approximate surface area is 103 Å². The van der Waals surface area contributed by atoms with Crippen molar-refractivity contribution in [2.75, 3.05) is 6.61 Å². The van der Waals surface area contributed by atoms with Crippen LogP contribution in [0, 0.1) is 0 Å². The lowest BCUT2D eigenvalue weighted by Crippen LogP contribution is -2.39. The Morgan fingerprint density at radius 3 is 2.83 bits per heavy atom. The zero-order valence-corrected chi connectivity index (χ0v) is 9.91. The van der Waals surface area contributed by atoms with Crippen LogP contribution in [0.5, 0.6) is 0 Å². The van der Waals surface area contributed by atoms with Crippen molar-refractivity contribution < 1.29 is 19.8 Å². The van der Waals surface area contributed by atoms with Crippen molar-refractivity contribution in [2.24, 2.45) is 0 Å². The molecule has 100 valence electrons. The molecule has 9 nitrogen and oxygen atoms in total. The molecule has 1 rings (SSSR count). The van der Waals surface area contributed by atoms with Gasteiger partial charge in [0.05, 0.1) is 6.42 Å². The van der Waals surface area contributed by atoms with Crippen molar-refractivity contribution in [3.8, 4) is 0 Å². The molecule has 0 aliphatic rings. The lowest BCUT2D eigenvalue weighted by Gasteiger charge is -2.08. The monoisotopic (exact) mass is 257 g/mol. The lowest BCUT2D eigenvalue weighted by atomic mass is 10.3. The molecule has 0 fully saturated rings. The largest absolute Gasteiger partial charge is 0.480 e. The molecular formula is C9H15N5O4. The van der Waals surface area contributed by atoms with E-state index in [9.17, 15) is 9.59 Å². The van der Waals surface area contributed by atoms with E-state index in [1.165, 1.54) is 11.6 Å². The SMILES string of the molecule is CC(NC(=O)Cc1nnnn1CCCO)C(=O)O. The molecule has 1 aromatic rings. The third-order valence-electron chi connectivity index (χ3n) is 2.20. The fourth-order valence-corrected chi connectivity index (χ4v) is 1.24. The molecule has 1 amide bonds. The van der Waals surface area contributed by atoms with E-state index in [1.807, 2.05) is 0 Å². The zero-order chi connectivity index (χ0) is 13.5. The number of hydrogen-bond donors (Lipinski definition) is 3. The Kier molecular flexibility index (Phi) is 5.18. The molecule has 0 aliphatic carbocycles. The first-order chi connectivity index (χ1) is 8.54. The van der Waals surface area contributed by atoms with E-state index in [2.05, 4.69) is 20.8 Å². The molecule has 1 heterocycles. The number of carboxylic acid groups (broad SMARTS) is 1. The summed E-state index contributed by atoms with van der Waals surface area (Å²) in [5, 5.41) is 30.4. The highest BCUT2D eigenvalue weighted by atomic mass is 16.4. The minimum absolute atomic E-state index is 0.00153. The molecule has 0 aromatic carbocycles. The summed E-state index contributed by atoms with van der Waals surface area (Å²) in [6.07, 6.45) is 0.376. The van der Waals surface area contributed by atoms with Gasteiger partial charge in [-0.05, 0) is 23.8 Å². The van der Waals surface area contributed by atoms with Gasteiger partial charge in [0.1, 0.15) is 6.04 Å². The van der Waals surface area contributed by atoms with E-state index < -0.39 is 17.9 Å². The quantitative estimate of drug-likeness (QED) is 0.524. The van der Waals surface area contributed by atoms with Gasteiger partial charge in [-0.1, -0.05) is 0 Å². The van der Waals surface area contributed by atoms with Gasteiger partial charge in [-0.2, -0.15) is 0 Å². The van der Waals surface area contributed by atoms with Gasteiger partial charge in [0.2, 0.25) is 5.91 Å². The van der Waals surface area contributed by atoms with Crippen LogP contribution in [0.1, 0.15) is 19.2 Å². The third-order valence-corrected chi connectivity index (χ3v) is 2.20. The lowest BCUT2D eigenvalue weighted by molar-refractivity contribution is -0.141. The minimum atomic E-state index is -1.11. The normalized spacial score (nSPS) is 12.1. The van der Waals surface area contributed by atoms with Gasteiger partial charge in [0, 0.05) is 13.2 Å². The zero-order valence-electron chi connectivity index (χ0n) is 9.91. The summed E-state index contributed by atoms with van der Waals surface area (Å²) in [4.78, 5) is 22.1. The maximum Gasteiger partial charge on any atom is 0.325 e. The first-order valence-electron chi connectivity index (χ1n) is 5.42. The summed E-state index contributed by atoms with van der Waals surface area (Å²) in [5.41, 5.74) is 0. The van der Waals surface area contributed by atoms with E-state index in [-0.39, 0.29) is 13.0 Å². The highest BCUT2D eigenvalue weighted by molar-refractivity contribution is 5.84. The van der Waals surface area contributed by atoms with Gasteiger partial charge in [0.25, 0.3) is 0 Å². The summed E-state index contributed by atoms with van der Waals surface area (Å²) < 4.78 is 1.40. The second kappa shape index (κ2) is 6.64. The summed E-state index contributed by atoms with van der Waals surface area (Å²) in [5.74, 6) is -1.24. The Balaban J connectivity index is 2.53. The molecule has 0 saturated heterocycles. The topological polar surface area (TPSA) is 130 Å². The summed E-state index contributed by atoms with van der Waals surface area (Å²) in [7, 11) is 0. The minimum Gasteiger partial charge on any atom is -0.480 e. The number of amides is 1. The molecule has 0 radical (unpaired) electrons. The maximum atomic E-state index is 11.5. The van der Waals surface area contributed by atoms with Crippen LogP contribution >= 0.6 is 0 Å². The molecule has 18 heavy (non-hydrogen) atoms. The molecule has 1 aromatic heterocycles. The van der Waals surface area contributed by atoms with Crippen molar-refractivity contribution in [1.29, 1.82) is 0 Å². The Bertz CT molecular complexity index is 419. The van der Waals surface area contributed by atoms with E-state index in [1.54, 1.807) is 0 Å². The number of tetrazole rings is 1. The van der Waals surface area contributed by atoms with E-state index >= 15 is 0 Å². The van der Waals surface area contributed by atoms with Crippen LogP contribution in [-0.2, 0) is 22.6 Å². The third kappa shape index (κ3) is 4.09. The van der Waals surface area contributed by atoms with Gasteiger partial charge < -0.3 is 15.5 Å². The van der Waals surface area contributed by atoms with Crippen molar-refractivity contribution >= 4 is 11.9 Å². The average molecular weight is 257 g/mol. The number of carboxylic acids is 1. The van der Waals surface area contributed by atoms with Crippen LogP contribution < -0.4 is 5.32 Å². The number of carbonyl (C=O) groups is 2. The number of nitrogens with one attached hydrogen (secondary N) is 1. The summed E-state index contributed by atoms with van der Waals surface area (Å²) >= 11 is 0. The van der Waals surface area contributed by atoms with Gasteiger partial charge in [-0.15, -0.1) is 5.10 Å². The average Bonchev–Trinajstić information content (AvgIpc) is 2.73. The maximum absolute atomic E-state index is 11.5. The highest BCUT2D eigenvalue weighted by Gasteiger charge is 2.16. The molecular weight excluding hydrogens is 242 g/mol. The first-order valence-corrected chi connectivity index (χ1v) is 5.42. The number of nitrogens with zero attached hydrogens (tertiary/aromatic N) is 4. The Morgan fingerprint density at radius 1 is 1.50 bits per heavy atom. The number of aromatic nitrogens is 4. The van der Waals surface area contributed by atoms with E-state index in [4.69, 9.17) is 10.2 Å². The Hall–Kier alpha value is -2.03. The standard InChI is InChI=1S/C9H15N5O4/c1-6(9(17)18)10-8(16)5-7-11-12-13-14(7)3-2-4-15/h6,15H,2-5H2,1H3,(H,10,16)(H,17,18). The molecule has 0 bridgehead atoms. The Morgan fingerprint density at radius 2 is 2.22 bits per heavy atom. The molecule has 1 atom stereocenters. The fourth-order valence-electron chi connectivity index (χ4n) is 1.24. The van der Waals surface area contributed by atoms with Gasteiger partial charge in [-0.25, -0.2) is 4.68 Å². The van der Waals surface area contributed by atoms with E-state index in [0.717, 1.165) is 0 Å². The molecule has 9 heteroatoms. The van der Waals surface area contributed by atoms with Crippen molar-refractivity contribution in [3.05, 3.63) is 5.82 Å². The number of hydrogen-bond acceptors (Lipinski definition) is 6. The van der Waals surface area contributed by atoms with Crippen molar-refractivity contribution in [2.45, 2.75) is 32.4 Å². The fraction of sp³-hybridized carbons (Fsp3) is 0.667. The summed E-state index contributed by atoms with van der Waals surface area (Å²) in [6, 6.07) is -0.959. The van der Waals surface area contributed by atoms with Crippen LogP contribution in [-0.4, -0.2) is 54.9 Å². The van der Waals surface area contributed by atoms with E-state index in [0.29, 0.717) is 18.8 Å². The second-order valence-electron chi connectivity index (χ2n) is 3.70. The van der Waals surface area contributed by atoms with Crippen LogP contribution in [0.4, 0.5) is 0 Å². The molecule has 0 aliphatic heterocycles. The van der Waals surface area contributed by atoms with Crippen molar-refractivity contribution in [1.82, 2.24) is 25.5 Å². The molecule has 3 N–H and O–H groups in total. The number of aliphatic carboxylic acids is 1. The smallest absolute Gasteiger partial charge is 0.325 e. The number of aliphatic hydroxyl groups is 1. The van der Waals surface area contributed by atoms with Crippen LogP contribution in [0.25, 0.3) is 0 Å². The summed E-state index contributed by atoms with van der Waals surface area (Å²) in [6.45, 7) is 1.77. The van der Waals surface area contributed by atoms with Gasteiger partial charge >= 0.3 is 5.97 Å². The van der Waals surface area contributed by atoms with Crippen LogP contribution in [0.3, 0.4) is 0 Å². The second-order valence-corrected chi connectivity index (χ2v) is 3.70. The number of carbonyl (C=O) groups excluding carboxylic acids is 1. The van der Waals surface area contributed by atoms with Gasteiger partial charge in [-0.3, -0.25) is 9.59 Å². The molecule has 0 spiro atoms. The van der Waals surface area contributed by atoms with Gasteiger partial charge in [0.15, 0.2) is 5.82 Å². The number of aliphatic hydroxyl groups excluding tert-OH is 1. The predicted octanol–water partition coefficient (Wildman–Crippen LogP) is -1.81. The number of rotatable bonds is 7. The number of aryl methyl sites for hydroxylation is 1. The highest BCUT2D eigenvalue weighted by Crippen LogP contribution is 1.96. The van der Waals surface area contributed by atoms with Crippen molar-refractivity contribution in [3.63, 3.8) is 0 Å². The molecule has 0 saturated carbocycles. The van der Waals surface area contributed by atoms with Crippen LogP contribution in [0.15, 0.2) is 0 Å². The predicted molar refractivity (Wildman–Crippen MR) is 58.5 cm³/mol. The first kappa shape index (κ1) is 14.0.